The topological polar surface area (TPSA) is 45.9 Å². The minimum absolute atomic E-state index is 0.837. The fourth-order valence-corrected chi connectivity index (χ4v) is 12.9. The van der Waals surface area contributed by atoms with E-state index >= 15 is 0 Å². The van der Waals surface area contributed by atoms with Crippen molar-refractivity contribution >= 4 is 143 Å². The van der Waals surface area contributed by atoms with Crippen molar-refractivity contribution in [1.82, 2.24) is 0 Å². The molecule has 81 heavy (non-hydrogen) atoms. The summed E-state index contributed by atoms with van der Waals surface area (Å²) in [4.78, 5) is 4.86. The van der Waals surface area contributed by atoms with E-state index in [2.05, 4.69) is 277 Å². The molecule has 378 valence electrons. The highest BCUT2D eigenvalue weighted by Crippen LogP contribution is 2.51. The second kappa shape index (κ2) is 17.8. The molecular formula is C76H46N2O3. The van der Waals surface area contributed by atoms with Gasteiger partial charge in [0.2, 0.25) is 0 Å². The second-order valence-electron chi connectivity index (χ2n) is 21.1. The van der Waals surface area contributed by atoms with Crippen molar-refractivity contribution in [2.75, 3.05) is 9.80 Å². The van der Waals surface area contributed by atoms with Gasteiger partial charge in [0.25, 0.3) is 0 Å². The van der Waals surface area contributed by atoms with Gasteiger partial charge in [-0.1, -0.05) is 182 Å². The quantitative estimate of drug-likeness (QED) is 0.152. The lowest BCUT2D eigenvalue weighted by molar-refractivity contribution is 0.668. The molecule has 0 atom stereocenters. The number of hydrogen-bond acceptors (Lipinski definition) is 5. The van der Waals surface area contributed by atoms with Crippen LogP contribution in [0.2, 0.25) is 0 Å². The van der Waals surface area contributed by atoms with Crippen LogP contribution in [-0.4, -0.2) is 0 Å². The monoisotopic (exact) mass is 1030 g/mol. The van der Waals surface area contributed by atoms with E-state index in [0.717, 1.165) is 155 Å². The van der Waals surface area contributed by atoms with Gasteiger partial charge in [-0.05, 0) is 141 Å². The standard InChI is InChI=1S/C76H46N2O3/c1-3-19-49(20-4-1)73-65(37-39-69-75(73)59-27-11-13-31-67(59)79-69)77(63-29-15-23-47-17-7-9-25-57(47)63)55-35-33-51-43-61-62-44-52-34-36-56(42-54(52)46-72(62)81-71(61)45-53(51)41-55)78(64-30-16-24-48-18-8-10-26-58(48)64)66-38-40-70-76(60-28-12-14-32-68(60)80-70)74(66)50-21-5-2-6-22-50/h1-46H. The van der Waals surface area contributed by atoms with Crippen LogP contribution in [0.3, 0.4) is 0 Å². The summed E-state index contributed by atoms with van der Waals surface area (Å²) in [6.45, 7) is 0. The van der Waals surface area contributed by atoms with Gasteiger partial charge in [0.05, 0.1) is 22.7 Å². The molecule has 17 rings (SSSR count). The highest BCUT2D eigenvalue weighted by Gasteiger charge is 2.27. The molecule has 0 fully saturated rings. The van der Waals surface area contributed by atoms with Crippen molar-refractivity contribution in [1.29, 1.82) is 0 Å². The molecule has 5 heteroatoms. The first-order valence-electron chi connectivity index (χ1n) is 27.5. The van der Waals surface area contributed by atoms with Crippen LogP contribution in [0.1, 0.15) is 0 Å². The van der Waals surface area contributed by atoms with Crippen molar-refractivity contribution < 1.29 is 13.3 Å². The Morgan fingerprint density at radius 3 is 1.07 bits per heavy atom. The molecule has 3 heterocycles. The maximum absolute atomic E-state index is 6.99. The van der Waals surface area contributed by atoms with Crippen LogP contribution in [0, 0.1) is 0 Å². The third-order valence-electron chi connectivity index (χ3n) is 16.5. The van der Waals surface area contributed by atoms with Gasteiger partial charge in [-0.25, -0.2) is 0 Å². The molecule has 0 aliphatic rings. The third kappa shape index (κ3) is 7.12. The van der Waals surface area contributed by atoms with E-state index < -0.39 is 0 Å². The van der Waals surface area contributed by atoms with E-state index in [-0.39, 0.29) is 0 Å². The molecule has 0 spiro atoms. The zero-order valence-corrected chi connectivity index (χ0v) is 43.7. The lowest BCUT2D eigenvalue weighted by atomic mass is 9.95. The van der Waals surface area contributed by atoms with E-state index in [1.165, 1.54) is 10.8 Å². The largest absolute Gasteiger partial charge is 0.456 e. The number of para-hydroxylation sites is 2. The summed E-state index contributed by atoms with van der Waals surface area (Å²) in [5.74, 6) is 0. The molecule has 0 saturated heterocycles. The minimum atomic E-state index is 0.837. The lowest BCUT2D eigenvalue weighted by Gasteiger charge is -2.29. The molecule has 0 N–H and O–H groups in total. The molecule has 5 nitrogen and oxygen atoms in total. The Morgan fingerprint density at radius 1 is 0.210 bits per heavy atom. The second-order valence-corrected chi connectivity index (χ2v) is 21.1. The van der Waals surface area contributed by atoms with Crippen LogP contribution in [0.15, 0.2) is 292 Å². The van der Waals surface area contributed by atoms with Crippen LogP contribution in [-0.2, 0) is 0 Å². The molecule has 3 aromatic heterocycles. The molecule has 0 amide bonds. The predicted molar refractivity (Wildman–Crippen MR) is 339 cm³/mol. The molecule has 0 saturated carbocycles. The number of benzene rings is 14. The first-order valence-corrected chi connectivity index (χ1v) is 27.5. The average Bonchev–Trinajstić information content (AvgIpc) is 4.28. The van der Waals surface area contributed by atoms with E-state index in [1.54, 1.807) is 0 Å². The Balaban J connectivity index is 0.846. The number of nitrogens with zero attached hydrogens (tertiary/aromatic N) is 2. The fourth-order valence-electron chi connectivity index (χ4n) is 12.9. The van der Waals surface area contributed by atoms with E-state index in [0.29, 0.717) is 0 Å². The lowest BCUT2D eigenvalue weighted by Crippen LogP contribution is -2.12. The van der Waals surface area contributed by atoms with E-state index in [1.807, 2.05) is 12.1 Å². The van der Waals surface area contributed by atoms with Crippen LogP contribution < -0.4 is 9.80 Å². The van der Waals surface area contributed by atoms with Crippen LogP contribution >= 0.6 is 0 Å². The summed E-state index contributed by atoms with van der Waals surface area (Å²) in [5.41, 5.74) is 15.9. The van der Waals surface area contributed by atoms with Crippen molar-refractivity contribution in [2.24, 2.45) is 0 Å². The smallest absolute Gasteiger partial charge is 0.136 e. The summed E-state index contributed by atoms with van der Waals surface area (Å²) in [6, 6.07) is 100. The first-order chi connectivity index (χ1) is 40.1. The van der Waals surface area contributed by atoms with Gasteiger partial charge in [0.1, 0.15) is 33.5 Å². The van der Waals surface area contributed by atoms with E-state index in [4.69, 9.17) is 13.3 Å². The van der Waals surface area contributed by atoms with Gasteiger partial charge in [-0.15, -0.1) is 0 Å². The van der Waals surface area contributed by atoms with Gasteiger partial charge in [-0.3, -0.25) is 0 Å². The van der Waals surface area contributed by atoms with Crippen LogP contribution in [0.4, 0.5) is 34.1 Å². The van der Waals surface area contributed by atoms with Crippen molar-refractivity contribution in [3.8, 4) is 22.3 Å². The minimum Gasteiger partial charge on any atom is -0.456 e. The average molecular weight is 1040 g/mol. The first kappa shape index (κ1) is 45.2. The zero-order valence-electron chi connectivity index (χ0n) is 43.7. The molecule has 0 aliphatic carbocycles. The van der Waals surface area contributed by atoms with Gasteiger partial charge < -0.3 is 23.1 Å². The predicted octanol–water partition coefficient (Wildman–Crippen LogP) is 22.3. The summed E-state index contributed by atoms with van der Waals surface area (Å²) in [7, 11) is 0. The van der Waals surface area contributed by atoms with Crippen molar-refractivity contribution in [2.45, 2.75) is 0 Å². The third-order valence-corrected chi connectivity index (χ3v) is 16.5. The van der Waals surface area contributed by atoms with Crippen molar-refractivity contribution in [3.63, 3.8) is 0 Å². The number of rotatable bonds is 8. The molecule has 14 aromatic carbocycles. The number of fused-ring (bicyclic) bond motifs is 13. The normalized spacial score (nSPS) is 12.0. The fraction of sp³-hybridized carbons (Fsp3) is 0. The Bertz CT molecular complexity index is 5040. The molecule has 0 radical (unpaired) electrons. The van der Waals surface area contributed by atoms with Gasteiger partial charge in [-0.2, -0.15) is 0 Å². The molecule has 0 unspecified atom stereocenters. The Labute approximate surface area is 464 Å². The highest BCUT2D eigenvalue weighted by molar-refractivity contribution is 6.20. The SMILES string of the molecule is c1ccc(-c2c(N(c3ccc4cc5c(cc4c3)oc3cc4cc(N(c6ccc7oc8ccccc8c7c6-c6ccccc6)c6cccc7ccccc67)ccc4cc35)c3cccc4ccccc34)ccc3oc4ccccc4c23)cc1. The van der Waals surface area contributed by atoms with Gasteiger partial charge in [0.15, 0.2) is 0 Å². The Hall–Kier alpha value is -10.9. The van der Waals surface area contributed by atoms with Crippen LogP contribution in [0.25, 0.3) is 131 Å². The van der Waals surface area contributed by atoms with Crippen molar-refractivity contribution in [3.05, 3.63) is 279 Å². The molecular weight excluding hydrogens is 989 g/mol. The highest BCUT2D eigenvalue weighted by atomic mass is 16.3. The zero-order chi connectivity index (χ0) is 53.1. The summed E-state index contributed by atoms with van der Waals surface area (Å²) in [6.07, 6.45) is 0. The van der Waals surface area contributed by atoms with Crippen LogP contribution in [0.5, 0.6) is 0 Å². The van der Waals surface area contributed by atoms with E-state index in [9.17, 15) is 0 Å². The van der Waals surface area contributed by atoms with Gasteiger partial charge in [0, 0.05) is 65.6 Å². The maximum atomic E-state index is 6.99. The molecule has 17 aromatic rings. The maximum Gasteiger partial charge on any atom is 0.136 e. The number of hydrogen-bond donors (Lipinski definition) is 0. The number of furan rings is 3. The Morgan fingerprint density at radius 2 is 0.605 bits per heavy atom. The number of anilines is 6. The summed E-state index contributed by atoms with van der Waals surface area (Å²) < 4.78 is 20.1. The Kier molecular flexibility index (Phi) is 9.94. The molecule has 0 aliphatic heterocycles. The summed E-state index contributed by atoms with van der Waals surface area (Å²) in [5, 5.41) is 15.6. The molecule has 0 bridgehead atoms. The summed E-state index contributed by atoms with van der Waals surface area (Å²) >= 11 is 0. The van der Waals surface area contributed by atoms with Gasteiger partial charge >= 0.3 is 0 Å².